The maximum Gasteiger partial charge on any atom is 0.320 e. The van der Waals surface area contributed by atoms with E-state index in [-0.39, 0.29) is 44.6 Å². The second kappa shape index (κ2) is 41.4. The van der Waals surface area contributed by atoms with Crippen LogP contribution in [0.25, 0.3) is 0 Å². The molecule has 3 heterocycles. The van der Waals surface area contributed by atoms with Crippen molar-refractivity contribution >= 4 is 65.4 Å². The van der Waals surface area contributed by atoms with Gasteiger partial charge in [0.05, 0.1) is 25.7 Å². The Labute approximate surface area is 343 Å². The highest BCUT2D eigenvalue weighted by atomic mass is 32.2. The Balaban J connectivity index is -0.000000191. The van der Waals surface area contributed by atoms with Gasteiger partial charge in [0, 0.05) is 19.4 Å². The van der Waals surface area contributed by atoms with Gasteiger partial charge in [0.25, 0.3) is 0 Å². The maximum absolute atomic E-state index is 10.2. The van der Waals surface area contributed by atoms with Crippen LogP contribution in [-0.4, -0.2) is 187 Å². The molecule has 3 fully saturated rings. The van der Waals surface area contributed by atoms with Gasteiger partial charge in [-0.1, -0.05) is 0 Å². The van der Waals surface area contributed by atoms with Crippen LogP contribution in [0.15, 0.2) is 0 Å². The van der Waals surface area contributed by atoms with Gasteiger partial charge in [-0.3, -0.25) is 43.2 Å². The number of aliphatic hydroxyl groups excluding tert-OH is 1. The van der Waals surface area contributed by atoms with E-state index in [9.17, 15) is 43.2 Å². The normalized spacial score (nSPS) is 19.0. The number of nitrogens with two attached hydrogens (primary N) is 6. The summed E-state index contributed by atoms with van der Waals surface area (Å²) in [5, 5.41) is 81.5. The number of carboxylic acids is 8. The fourth-order valence-electron chi connectivity index (χ4n) is 3.49. The van der Waals surface area contributed by atoms with Crippen LogP contribution in [0.2, 0.25) is 0 Å². The minimum absolute atomic E-state index is 0.0213. The topological polar surface area (TPSA) is 528 Å². The third-order valence-electron chi connectivity index (χ3n) is 6.62. The highest BCUT2D eigenvalue weighted by molar-refractivity contribution is 7.98. The molecule has 3 aliphatic heterocycles. The molecule has 0 unspecified atom stereocenters. The van der Waals surface area contributed by atoms with E-state index in [2.05, 4.69) is 33.2 Å². The summed E-state index contributed by atoms with van der Waals surface area (Å²) < 4.78 is 0. The molecule has 0 saturated carbocycles. The van der Waals surface area contributed by atoms with Crippen LogP contribution < -0.4 is 50.4 Å². The highest BCUT2D eigenvalue weighted by Crippen LogP contribution is 2.05. The molecule has 0 aliphatic carbocycles. The monoisotopic (exact) mass is 881 g/mol. The molecule has 3 aliphatic rings. The van der Waals surface area contributed by atoms with Gasteiger partial charge < -0.3 is 96.3 Å². The third-order valence-corrected chi connectivity index (χ3v) is 7.26. The first-order chi connectivity index (χ1) is 27.3. The van der Waals surface area contributed by atoms with Crippen LogP contribution in [0.3, 0.4) is 0 Å². The lowest BCUT2D eigenvalue weighted by atomic mass is 10.2. The molecular formula is C31H63N9O18S. The molecule has 346 valence electrons. The van der Waals surface area contributed by atoms with Crippen molar-refractivity contribution < 1.29 is 89.1 Å². The van der Waals surface area contributed by atoms with Crippen molar-refractivity contribution in [3.05, 3.63) is 0 Å². The number of amides is 1. The van der Waals surface area contributed by atoms with Gasteiger partial charge in [0.1, 0.15) is 30.2 Å². The number of carbonyl (C=O) groups is 9. The molecule has 59 heavy (non-hydrogen) atoms. The summed E-state index contributed by atoms with van der Waals surface area (Å²) in [7, 11) is 0. The summed E-state index contributed by atoms with van der Waals surface area (Å²) in [5.74, 6) is -6.97. The van der Waals surface area contributed by atoms with Crippen molar-refractivity contribution in [2.75, 3.05) is 51.3 Å². The first-order valence-corrected chi connectivity index (χ1v) is 18.8. The molecule has 0 spiro atoms. The van der Waals surface area contributed by atoms with Crippen molar-refractivity contribution in [1.82, 2.24) is 16.0 Å². The van der Waals surface area contributed by atoms with Crippen LogP contribution in [0, 0.1) is 0 Å². The first-order valence-electron chi connectivity index (χ1n) is 17.4. The van der Waals surface area contributed by atoms with Crippen LogP contribution in [0.1, 0.15) is 51.4 Å². The average Bonchev–Trinajstić information content (AvgIpc) is 3.99. The van der Waals surface area contributed by atoms with E-state index >= 15 is 0 Å². The van der Waals surface area contributed by atoms with E-state index in [1.807, 2.05) is 6.26 Å². The Hall–Kier alpha value is -4.78. The van der Waals surface area contributed by atoms with E-state index in [0.29, 0.717) is 19.4 Å². The molecule has 3 rings (SSSR count). The second-order valence-electron chi connectivity index (χ2n) is 11.6. The Bertz CT molecular complexity index is 1170. The van der Waals surface area contributed by atoms with Crippen molar-refractivity contribution in [1.29, 1.82) is 0 Å². The Morgan fingerprint density at radius 1 is 0.610 bits per heavy atom. The number of carbonyl (C=O) groups excluding carboxylic acids is 1. The zero-order valence-electron chi connectivity index (χ0n) is 32.6. The molecule has 0 bridgehead atoms. The SMILES string of the molecule is CSCC[C@H](N)C(=O)O.NC(=O)CC[C@H](N)C(=O)O.NCC(=O)O.NCC(=O)O.NCC(=O)O.O=C(O)[C@@H]1CCCN1.O=C(O)[C@@H]1CCCN1.O=C(O)[C@@H]1C[C@@H](O)CN1. The van der Waals surface area contributed by atoms with E-state index in [1.165, 1.54) is 0 Å². The van der Waals surface area contributed by atoms with Gasteiger partial charge in [-0.25, -0.2) is 0 Å². The van der Waals surface area contributed by atoms with E-state index < -0.39 is 77.9 Å². The molecule has 24 N–H and O–H groups in total. The van der Waals surface area contributed by atoms with Gasteiger partial charge in [0.2, 0.25) is 5.91 Å². The van der Waals surface area contributed by atoms with Gasteiger partial charge in [0.15, 0.2) is 0 Å². The van der Waals surface area contributed by atoms with Crippen molar-refractivity contribution in [2.45, 2.75) is 87.7 Å². The number of aliphatic carboxylic acids is 8. The number of β-amino-alcohol motifs (C(OH)–C–C–N with tert-alkyl or cyclic N) is 1. The lowest BCUT2D eigenvalue weighted by molar-refractivity contribution is -0.140. The standard InChI is InChI=1S/C5H10N2O3.C5H9NO3.C5H11NO2S.2C5H9NO2.3C2H5NO2/c6-3(5(9)10)1-2-4(7)8;7-3-1-4(5(8)9)6-2-3;1-9-3-2-4(6)5(7)8;2*7-5(8)4-2-1-3-6-4;3*3-1-2(4)5/h3H,1-2,6H2,(H2,7,8)(H,9,10);3-4,6-7H,1-2H2,(H,8,9);4H,2-3,6H2,1H3,(H,7,8);2*4,6H,1-3H2,(H,7,8);3*1,3H2,(H,4,5)/t3-;3-,4+;3*4-;;;/m01000.../s1. The van der Waals surface area contributed by atoms with E-state index in [0.717, 1.165) is 44.5 Å². The average molecular weight is 882 g/mol. The summed E-state index contributed by atoms with van der Waals surface area (Å²) >= 11 is 1.60. The quantitative estimate of drug-likeness (QED) is 0.0773. The van der Waals surface area contributed by atoms with Crippen molar-refractivity contribution in [2.24, 2.45) is 34.4 Å². The van der Waals surface area contributed by atoms with Crippen molar-refractivity contribution in [3.63, 3.8) is 0 Å². The predicted octanol–water partition coefficient (Wildman–Crippen LogP) is -5.66. The second-order valence-corrected chi connectivity index (χ2v) is 12.6. The van der Waals surface area contributed by atoms with Gasteiger partial charge in [-0.2, -0.15) is 11.8 Å². The molecular weight excluding hydrogens is 818 g/mol. The summed E-state index contributed by atoms with van der Waals surface area (Å²) in [6, 6.07) is -2.74. The minimum Gasteiger partial charge on any atom is -0.480 e. The lowest BCUT2D eigenvalue weighted by Crippen LogP contribution is -2.31. The molecule has 28 heteroatoms. The molecule has 3 saturated heterocycles. The number of hydrogen-bond acceptors (Lipinski definition) is 19. The molecule has 1 amide bonds. The number of hydrogen-bond donors (Lipinski definition) is 18. The molecule has 0 aromatic carbocycles. The van der Waals surface area contributed by atoms with Gasteiger partial charge >= 0.3 is 47.8 Å². The number of rotatable bonds is 14. The predicted molar refractivity (Wildman–Crippen MR) is 210 cm³/mol. The Morgan fingerprint density at radius 3 is 1.12 bits per heavy atom. The van der Waals surface area contributed by atoms with Crippen LogP contribution in [0.4, 0.5) is 0 Å². The van der Waals surface area contributed by atoms with Crippen LogP contribution in [0.5, 0.6) is 0 Å². The first kappa shape index (κ1) is 63.4. The Morgan fingerprint density at radius 2 is 0.949 bits per heavy atom. The molecule has 0 aromatic heterocycles. The number of primary amides is 1. The zero-order chi connectivity index (χ0) is 47.1. The van der Waals surface area contributed by atoms with Gasteiger partial charge in [-0.15, -0.1) is 0 Å². The van der Waals surface area contributed by atoms with E-state index in [1.54, 1.807) is 11.8 Å². The van der Waals surface area contributed by atoms with Gasteiger partial charge in [-0.05, 0) is 63.6 Å². The molecule has 27 nitrogen and oxygen atoms in total. The summed E-state index contributed by atoms with van der Waals surface area (Å²) in [5.41, 5.74) is 28.7. The minimum atomic E-state index is -1.11. The number of carboxylic acid groups (broad SMARTS) is 8. The lowest BCUT2D eigenvalue weighted by Gasteiger charge is -2.02. The molecule has 0 aromatic rings. The zero-order valence-corrected chi connectivity index (χ0v) is 33.5. The molecule has 0 radical (unpaired) electrons. The summed E-state index contributed by atoms with van der Waals surface area (Å²) in [6.45, 7) is 1.28. The van der Waals surface area contributed by atoms with Crippen molar-refractivity contribution in [3.8, 4) is 0 Å². The highest BCUT2D eigenvalue weighted by Gasteiger charge is 2.27. The van der Waals surface area contributed by atoms with Crippen LogP contribution >= 0.6 is 11.8 Å². The largest absolute Gasteiger partial charge is 0.480 e. The molecule has 6 atom stereocenters. The third kappa shape index (κ3) is 49.3. The number of thioether (sulfide) groups is 1. The Kier molecular flexibility index (Phi) is 44.5. The maximum atomic E-state index is 10.2. The van der Waals surface area contributed by atoms with E-state index in [4.69, 9.17) is 63.2 Å². The fraction of sp³-hybridized carbons (Fsp3) is 0.710. The fourth-order valence-corrected chi connectivity index (χ4v) is 3.97. The van der Waals surface area contributed by atoms with Crippen LogP contribution in [-0.2, 0) is 43.2 Å². The number of aliphatic hydroxyl groups is 1. The smallest absolute Gasteiger partial charge is 0.320 e. The summed E-state index contributed by atoms with van der Waals surface area (Å²) in [4.78, 5) is 88.4. The summed E-state index contributed by atoms with van der Waals surface area (Å²) in [6.07, 6.45) is 6.02. The number of nitrogens with one attached hydrogen (secondary N) is 3.